The van der Waals surface area contributed by atoms with Gasteiger partial charge in [0.25, 0.3) is 0 Å². The molecule has 0 bridgehead atoms. The zero-order chi connectivity index (χ0) is 21.9. The predicted octanol–water partition coefficient (Wildman–Crippen LogP) is 2.92. The third kappa shape index (κ3) is 13.7. The Bertz CT molecular complexity index is 482. The van der Waals surface area contributed by atoms with Gasteiger partial charge in [0.2, 0.25) is 0 Å². The van der Waals surface area contributed by atoms with Crippen LogP contribution in [0.15, 0.2) is 12.2 Å². The van der Waals surface area contributed by atoms with E-state index in [2.05, 4.69) is 46.9 Å². The molecule has 0 aliphatic heterocycles. The summed E-state index contributed by atoms with van der Waals surface area (Å²) in [6, 6.07) is 0. The normalized spacial score (nSPS) is 23.9. The Hall–Kier alpha value is -1.44. The van der Waals surface area contributed by atoms with Gasteiger partial charge < -0.3 is 25.4 Å². The lowest BCUT2D eigenvalue weighted by Crippen LogP contribution is -2.43. The highest BCUT2D eigenvalue weighted by Crippen LogP contribution is 2.35. The van der Waals surface area contributed by atoms with E-state index in [1.807, 2.05) is 0 Å². The predicted molar refractivity (Wildman–Crippen MR) is 109 cm³/mol. The summed E-state index contributed by atoms with van der Waals surface area (Å²) >= 11 is 0. The fourth-order valence-corrected chi connectivity index (χ4v) is 3.17. The molecule has 0 radical (unpaired) electrons. The summed E-state index contributed by atoms with van der Waals surface area (Å²) in [4.78, 5) is 19.1. The first-order valence-electron chi connectivity index (χ1n) is 10.0. The SMILES string of the molecule is CC1CCC(C(C)C)C(OCC(O)CNC(C)(C)C)C1.O=C(O)C=CC(=O)O. The molecule has 4 N–H and O–H groups in total. The highest BCUT2D eigenvalue weighted by atomic mass is 16.5. The van der Waals surface area contributed by atoms with Crippen LogP contribution in [-0.2, 0) is 14.3 Å². The maximum absolute atomic E-state index is 10.0. The molecule has 7 heteroatoms. The van der Waals surface area contributed by atoms with E-state index < -0.39 is 18.0 Å². The smallest absolute Gasteiger partial charge is 0.328 e. The van der Waals surface area contributed by atoms with E-state index in [4.69, 9.17) is 14.9 Å². The Morgan fingerprint density at radius 2 is 1.68 bits per heavy atom. The van der Waals surface area contributed by atoms with Crippen molar-refractivity contribution in [3.8, 4) is 0 Å². The van der Waals surface area contributed by atoms with Crippen molar-refractivity contribution >= 4 is 11.9 Å². The number of nitrogens with one attached hydrogen (secondary N) is 1. The molecule has 0 spiro atoms. The van der Waals surface area contributed by atoms with Crippen LogP contribution in [0.2, 0.25) is 0 Å². The molecule has 1 aliphatic carbocycles. The van der Waals surface area contributed by atoms with Crippen LogP contribution in [0, 0.1) is 17.8 Å². The molecule has 0 heterocycles. The fourth-order valence-electron chi connectivity index (χ4n) is 3.17. The second kappa shape index (κ2) is 12.9. The van der Waals surface area contributed by atoms with Gasteiger partial charge in [0.05, 0.1) is 18.8 Å². The highest BCUT2D eigenvalue weighted by Gasteiger charge is 2.31. The zero-order valence-electron chi connectivity index (χ0n) is 18.1. The van der Waals surface area contributed by atoms with Gasteiger partial charge in [-0.3, -0.25) is 0 Å². The van der Waals surface area contributed by atoms with Crippen LogP contribution in [0.3, 0.4) is 0 Å². The van der Waals surface area contributed by atoms with Crippen LogP contribution in [0.4, 0.5) is 0 Å². The van der Waals surface area contributed by atoms with Crippen LogP contribution in [0.5, 0.6) is 0 Å². The van der Waals surface area contributed by atoms with Gasteiger partial charge in [-0.25, -0.2) is 9.59 Å². The maximum Gasteiger partial charge on any atom is 0.328 e. The number of carboxylic acids is 2. The van der Waals surface area contributed by atoms with Crippen LogP contribution in [-0.4, -0.2) is 58.2 Å². The lowest BCUT2D eigenvalue weighted by Gasteiger charge is -2.37. The molecule has 0 amide bonds. The number of hydrogen-bond donors (Lipinski definition) is 4. The minimum atomic E-state index is -1.26. The highest BCUT2D eigenvalue weighted by molar-refractivity contribution is 5.89. The fraction of sp³-hybridized carbons (Fsp3) is 0.810. The number of carbonyl (C=O) groups is 2. The van der Waals surface area contributed by atoms with Crippen molar-refractivity contribution in [2.75, 3.05) is 13.2 Å². The van der Waals surface area contributed by atoms with Crippen molar-refractivity contribution in [3.05, 3.63) is 12.2 Å². The molecule has 0 aromatic carbocycles. The van der Waals surface area contributed by atoms with Crippen LogP contribution >= 0.6 is 0 Å². The van der Waals surface area contributed by atoms with Crippen molar-refractivity contribution in [2.24, 2.45) is 17.8 Å². The molecule has 28 heavy (non-hydrogen) atoms. The van der Waals surface area contributed by atoms with E-state index in [0.717, 1.165) is 12.3 Å². The molecule has 1 rings (SSSR count). The molecule has 1 saturated carbocycles. The second-order valence-corrected chi connectivity index (χ2v) is 8.99. The minimum Gasteiger partial charge on any atom is -0.478 e. The Morgan fingerprint density at radius 1 is 1.14 bits per heavy atom. The van der Waals surface area contributed by atoms with Crippen LogP contribution in [0.25, 0.3) is 0 Å². The maximum atomic E-state index is 10.0. The van der Waals surface area contributed by atoms with Gasteiger partial charge in [-0.15, -0.1) is 0 Å². The molecule has 0 saturated heterocycles. The third-order valence-electron chi connectivity index (χ3n) is 4.70. The molecule has 0 aromatic heterocycles. The molecule has 1 aliphatic rings. The van der Waals surface area contributed by atoms with Gasteiger partial charge >= 0.3 is 11.9 Å². The summed E-state index contributed by atoms with van der Waals surface area (Å²) in [6.07, 6.45) is 4.74. The number of β-amino-alcohol motifs (C(OH)–C–C–N with tert-alkyl or cyclic N) is 1. The Kier molecular flexibility index (Phi) is 12.2. The summed E-state index contributed by atoms with van der Waals surface area (Å²) in [6.45, 7) is 14.3. The summed E-state index contributed by atoms with van der Waals surface area (Å²) in [5.41, 5.74) is 0.0425. The number of aliphatic hydroxyl groups excluding tert-OH is 1. The first-order chi connectivity index (χ1) is 12.8. The molecule has 4 unspecified atom stereocenters. The van der Waals surface area contributed by atoms with Gasteiger partial charge in [0.15, 0.2) is 0 Å². The molecule has 0 aromatic rings. The van der Waals surface area contributed by atoms with E-state index in [9.17, 15) is 14.7 Å². The Labute approximate surface area is 169 Å². The molecule has 7 nitrogen and oxygen atoms in total. The van der Waals surface area contributed by atoms with Crippen molar-refractivity contribution in [1.82, 2.24) is 5.32 Å². The van der Waals surface area contributed by atoms with Gasteiger partial charge in [0, 0.05) is 24.2 Å². The van der Waals surface area contributed by atoms with Gasteiger partial charge in [0.1, 0.15) is 0 Å². The first-order valence-corrected chi connectivity index (χ1v) is 10.0. The minimum absolute atomic E-state index is 0.0425. The zero-order valence-corrected chi connectivity index (χ0v) is 18.1. The van der Waals surface area contributed by atoms with Crippen molar-refractivity contribution < 1.29 is 29.6 Å². The molecule has 4 atom stereocenters. The summed E-state index contributed by atoms with van der Waals surface area (Å²) in [5.74, 6) is -0.453. The number of ether oxygens (including phenoxy) is 1. The van der Waals surface area contributed by atoms with Gasteiger partial charge in [-0.05, 0) is 51.4 Å². The number of aliphatic hydroxyl groups is 1. The molecular weight excluding hydrogens is 362 g/mol. The number of aliphatic carboxylic acids is 2. The summed E-state index contributed by atoms with van der Waals surface area (Å²) in [7, 11) is 0. The molecular formula is C21H39NO6. The standard InChI is InChI=1S/C17H35NO2.C4H4O4/c1-12(2)15-8-7-13(3)9-16(15)20-11-14(19)10-18-17(4,5)6;5-3(6)1-2-4(7)8/h12-16,18-19H,7-11H2,1-6H3;1-2H,(H,5,6)(H,7,8). The van der Waals surface area contributed by atoms with E-state index in [1.165, 1.54) is 12.8 Å². The summed E-state index contributed by atoms with van der Waals surface area (Å²) < 4.78 is 6.06. The quantitative estimate of drug-likeness (QED) is 0.462. The van der Waals surface area contributed by atoms with Gasteiger partial charge in [-0.1, -0.05) is 27.2 Å². The number of hydrogen-bond acceptors (Lipinski definition) is 5. The Balaban J connectivity index is 0.000000769. The van der Waals surface area contributed by atoms with Gasteiger partial charge in [-0.2, -0.15) is 0 Å². The van der Waals surface area contributed by atoms with Crippen molar-refractivity contribution in [1.29, 1.82) is 0 Å². The van der Waals surface area contributed by atoms with E-state index in [1.54, 1.807) is 0 Å². The average molecular weight is 402 g/mol. The monoisotopic (exact) mass is 401 g/mol. The average Bonchev–Trinajstić information content (AvgIpc) is 2.56. The van der Waals surface area contributed by atoms with Crippen molar-refractivity contribution in [3.63, 3.8) is 0 Å². The largest absolute Gasteiger partial charge is 0.478 e. The van der Waals surface area contributed by atoms with Crippen LogP contribution < -0.4 is 5.32 Å². The van der Waals surface area contributed by atoms with E-state index >= 15 is 0 Å². The van der Waals surface area contributed by atoms with E-state index in [0.29, 0.717) is 43.2 Å². The lowest BCUT2D eigenvalue weighted by molar-refractivity contribution is -0.134. The number of carboxylic acid groups (broad SMARTS) is 2. The molecule has 164 valence electrons. The van der Waals surface area contributed by atoms with E-state index in [-0.39, 0.29) is 5.54 Å². The third-order valence-corrected chi connectivity index (χ3v) is 4.70. The topological polar surface area (TPSA) is 116 Å². The second-order valence-electron chi connectivity index (χ2n) is 8.99. The lowest BCUT2D eigenvalue weighted by atomic mass is 9.75. The van der Waals surface area contributed by atoms with Crippen LogP contribution in [0.1, 0.15) is 60.8 Å². The first kappa shape index (κ1) is 26.6. The summed E-state index contributed by atoms with van der Waals surface area (Å²) in [5, 5.41) is 29.0. The molecule has 1 fully saturated rings. The van der Waals surface area contributed by atoms with Crippen molar-refractivity contribution in [2.45, 2.75) is 78.6 Å². The number of rotatable bonds is 8. The Morgan fingerprint density at radius 3 is 2.11 bits per heavy atom.